The number of rotatable bonds is 12. The van der Waals surface area contributed by atoms with Gasteiger partial charge in [-0.15, -0.1) is 0 Å². The van der Waals surface area contributed by atoms with E-state index in [1.54, 1.807) is 0 Å². The number of carbonyl (C=O) groups is 1. The van der Waals surface area contributed by atoms with E-state index in [4.69, 9.17) is 5.11 Å². The molecule has 0 aromatic carbocycles. The third-order valence-electron chi connectivity index (χ3n) is 5.62. The molecule has 4 nitrogen and oxygen atoms in total. The van der Waals surface area contributed by atoms with Crippen LogP contribution < -0.4 is 0 Å². The molecule has 1 aliphatic rings. The van der Waals surface area contributed by atoms with Gasteiger partial charge in [-0.3, -0.25) is 9.69 Å². The van der Waals surface area contributed by atoms with Gasteiger partial charge in [0.2, 0.25) is 5.91 Å². The molecule has 0 aromatic heterocycles. The molecule has 1 aliphatic heterocycles. The monoisotopic (exact) mass is 416 g/mol. The van der Waals surface area contributed by atoms with Crippen molar-refractivity contribution in [3.8, 4) is 0 Å². The Hall–Kier alpha value is -1.65. The van der Waals surface area contributed by atoms with E-state index in [1.807, 2.05) is 11.0 Å². The van der Waals surface area contributed by atoms with E-state index >= 15 is 0 Å². The fourth-order valence-electron chi connectivity index (χ4n) is 3.59. The first kappa shape index (κ1) is 26.4. The van der Waals surface area contributed by atoms with Gasteiger partial charge >= 0.3 is 0 Å². The molecule has 0 spiro atoms. The van der Waals surface area contributed by atoms with Gasteiger partial charge < -0.3 is 10.0 Å². The van der Waals surface area contributed by atoms with Crippen molar-refractivity contribution in [2.24, 2.45) is 0 Å². The molecule has 1 saturated heterocycles. The number of allylic oxidation sites excluding steroid dienone is 7. The second kappa shape index (κ2) is 15.2. The van der Waals surface area contributed by atoms with Crippen molar-refractivity contribution >= 4 is 5.91 Å². The lowest BCUT2D eigenvalue weighted by molar-refractivity contribution is -0.127. The van der Waals surface area contributed by atoms with Crippen LogP contribution in [-0.4, -0.2) is 60.1 Å². The lowest BCUT2D eigenvalue weighted by Gasteiger charge is -2.33. The maximum absolute atomic E-state index is 12.4. The minimum atomic E-state index is 0.130. The fraction of sp³-hybridized carbons (Fsp3) is 0.654. The summed E-state index contributed by atoms with van der Waals surface area (Å²) < 4.78 is 0. The summed E-state index contributed by atoms with van der Waals surface area (Å²) in [5, 5.41) is 9.01. The van der Waals surface area contributed by atoms with Gasteiger partial charge in [-0.1, -0.05) is 40.5 Å². The van der Waals surface area contributed by atoms with E-state index < -0.39 is 0 Å². The van der Waals surface area contributed by atoms with Gasteiger partial charge in [0.1, 0.15) is 0 Å². The second-order valence-corrected chi connectivity index (χ2v) is 8.88. The van der Waals surface area contributed by atoms with E-state index in [9.17, 15) is 4.79 Å². The van der Waals surface area contributed by atoms with Crippen molar-refractivity contribution in [3.63, 3.8) is 0 Å². The highest BCUT2D eigenvalue weighted by molar-refractivity contribution is 5.88. The van der Waals surface area contributed by atoms with E-state index in [-0.39, 0.29) is 12.5 Å². The molecule has 0 atom stereocenters. The first-order chi connectivity index (χ1) is 14.3. The molecular formula is C26H44N2O2. The Morgan fingerprint density at radius 2 is 1.27 bits per heavy atom. The van der Waals surface area contributed by atoms with Crippen LogP contribution >= 0.6 is 0 Å². The summed E-state index contributed by atoms with van der Waals surface area (Å²) in [4.78, 5) is 16.6. The Morgan fingerprint density at radius 1 is 0.767 bits per heavy atom. The van der Waals surface area contributed by atoms with Crippen molar-refractivity contribution in [2.45, 2.75) is 73.1 Å². The van der Waals surface area contributed by atoms with Crippen LogP contribution in [-0.2, 0) is 4.79 Å². The van der Waals surface area contributed by atoms with Crippen LogP contribution in [0.25, 0.3) is 0 Å². The molecule has 0 unspecified atom stereocenters. The van der Waals surface area contributed by atoms with Crippen molar-refractivity contribution in [1.29, 1.82) is 0 Å². The molecule has 0 bridgehead atoms. The summed E-state index contributed by atoms with van der Waals surface area (Å²) in [6.45, 7) is 14.9. The van der Waals surface area contributed by atoms with Gasteiger partial charge in [-0.05, 0) is 73.1 Å². The topological polar surface area (TPSA) is 43.8 Å². The second-order valence-electron chi connectivity index (χ2n) is 8.88. The van der Waals surface area contributed by atoms with E-state index in [1.165, 1.54) is 16.7 Å². The molecule has 0 saturated carbocycles. The number of amides is 1. The Bertz CT molecular complexity index is 631. The Morgan fingerprint density at radius 3 is 1.77 bits per heavy atom. The van der Waals surface area contributed by atoms with Gasteiger partial charge in [0.15, 0.2) is 0 Å². The molecule has 1 N–H and O–H groups in total. The maximum atomic E-state index is 12.4. The molecule has 0 radical (unpaired) electrons. The third-order valence-corrected chi connectivity index (χ3v) is 5.62. The van der Waals surface area contributed by atoms with Crippen molar-refractivity contribution < 1.29 is 9.90 Å². The van der Waals surface area contributed by atoms with E-state index in [2.05, 4.69) is 57.7 Å². The largest absolute Gasteiger partial charge is 0.395 e. The maximum Gasteiger partial charge on any atom is 0.246 e. The highest BCUT2D eigenvalue weighted by Gasteiger charge is 2.19. The van der Waals surface area contributed by atoms with E-state index in [0.717, 1.165) is 70.3 Å². The molecule has 4 heteroatoms. The quantitative estimate of drug-likeness (QED) is 0.348. The number of nitrogens with zero attached hydrogens (tertiary/aromatic N) is 2. The van der Waals surface area contributed by atoms with Crippen molar-refractivity contribution in [2.75, 3.05) is 39.3 Å². The van der Waals surface area contributed by atoms with Crippen molar-refractivity contribution in [1.82, 2.24) is 9.80 Å². The Balaban J connectivity index is 2.29. The number of carbonyl (C=O) groups excluding carboxylic acids is 1. The highest BCUT2D eigenvalue weighted by atomic mass is 16.3. The number of aliphatic hydroxyl groups is 1. The molecular weight excluding hydrogens is 372 g/mol. The summed E-state index contributed by atoms with van der Waals surface area (Å²) in [6, 6.07) is 0. The molecule has 1 fully saturated rings. The molecule has 1 amide bonds. The molecule has 30 heavy (non-hydrogen) atoms. The van der Waals surface area contributed by atoms with Gasteiger partial charge in [-0.25, -0.2) is 0 Å². The van der Waals surface area contributed by atoms with Gasteiger partial charge in [0.25, 0.3) is 0 Å². The van der Waals surface area contributed by atoms with Crippen LogP contribution in [0.1, 0.15) is 73.1 Å². The minimum Gasteiger partial charge on any atom is -0.395 e. The molecule has 170 valence electrons. The van der Waals surface area contributed by atoms with Crippen LogP contribution in [0.3, 0.4) is 0 Å². The van der Waals surface area contributed by atoms with Crippen molar-refractivity contribution in [3.05, 3.63) is 46.6 Å². The van der Waals surface area contributed by atoms with Gasteiger partial charge in [0.05, 0.1) is 6.61 Å². The average molecular weight is 417 g/mol. The molecule has 1 heterocycles. The van der Waals surface area contributed by atoms with Crippen LogP contribution in [0.4, 0.5) is 0 Å². The van der Waals surface area contributed by atoms with E-state index in [0.29, 0.717) is 6.54 Å². The normalized spacial score (nSPS) is 16.7. The lowest BCUT2D eigenvalue weighted by atomic mass is 10.0. The minimum absolute atomic E-state index is 0.130. The fourth-order valence-corrected chi connectivity index (χ4v) is 3.59. The number of aliphatic hydroxyl groups excluding tert-OH is 1. The van der Waals surface area contributed by atoms with Crippen LogP contribution in [0.2, 0.25) is 0 Å². The summed E-state index contributed by atoms with van der Waals surface area (Å²) in [5.74, 6) is 0.130. The summed E-state index contributed by atoms with van der Waals surface area (Å²) >= 11 is 0. The Kier molecular flexibility index (Phi) is 13.4. The number of hydrogen-bond acceptors (Lipinski definition) is 3. The van der Waals surface area contributed by atoms with Crippen LogP contribution in [0.5, 0.6) is 0 Å². The zero-order chi connectivity index (χ0) is 22.4. The lowest BCUT2D eigenvalue weighted by Crippen LogP contribution is -2.48. The number of β-amino-alcohol motifs (C(OH)–C–C–N with tert-alkyl or cyclic N) is 1. The molecule has 0 aromatic rings. The van der Waals surface area contributed by atoms with Crippen LogP contribution in [0.15, 0.2) is 46.6 Å². The SMILES string of the molecule is CC(C)=CCC/C(C)=C/CC/C(C)=C/CC/C(C)=C/C(=O)N1CCN(CCO)CC1. The number of hydrogen-bond donors (Lipinski definition) is 1. The van der Waals surface area contributed by atoms with Gasteiger partial charge in [0, 0.05) is 38.8 Å². The van der Waals surface area contributed by atoms with Gasteiger partial charge in [-0.2, -0.15) is 0 Å². The van der Waals surface area contributed by atoms with Crippen LogP contribution in [0, 0.1) is 0 Å². The first-order valence-corrected chi connectivity index (χ1v) is 11.6. The predicted octanol–water partition coefficient (Wildman–Crippen LogP) is 5.27. The smallest absolute Gasteiger partial charge is 0.246 e. The summed E-state index contributed by atoms with van der Waals surface area (Å²) in [5.41, 5.74) is 5.46. The molecule has 0 aliphatic carbocycles. The predicted molar refractivity (Wildman–Crippen MR) is 129 cm³/mol. The summed E-state index contributed by atoms with van der Waals surface area (Å²) in [6.07, 6.45) is 15.3. The molecule has 1 rings (SSSR count). The standard InChI is InChI=1S/C26H44N2O2/c1-22(2)9-6-10-23(3)11-7-12-24(4)13-8-14-25(5)21-26(30)28-17-15-27(16-18-28)19-20-29/h9,11,13,21,29H,6-8,10,12,14-20H2,1-5H3/b23-11+,24-13+,25-21+. The summed E-state index contributed by atoms with van der Waals surface area (Å²) in [7, 11) is 0. The average Bonchev–Trinajstić information content (AvgIpc) is 2.68. The number of piperazine rings is 1. The zero-order valence-electron chi connectivity index (χ0n) is 20.0. The third kappa shape index (κ3) is 12.1. The first-order valence-electron chi connectivity index (χ1n) is 11.6. The zero-order valence-corrected chi connectivity index (χ0v) is 20.0. The highest BCUT2D eigenvalue weighted by Crippen LogP contribution is 2.14. The Labute approximate surface area is 185 Å².